The van der Waals surface area contributed by atoms with Crippen LogP contribution in [-0.4, -0.2) is 74.8 Å². The van der Waals surface area contributed by atoms with Crippen LogP contribution in [0.4, 0.5) is 0 Å². The minimum atomic E-state index is 0.156. The van der Waals surface area contributed by atoms with Gasteiger partial charge in [-0.2, -0.15) is 0 Å². The van der Waals surface area contributed by atoms with Crippen molar-refractivity contribution in [3.63, 3.8) is 0 Å². The maximum absolute atomic E-state index is 9.53. The Kier molecular flexibility index (Phi) is 4.94. The van der Waals surface area contributed by atoms with E-state index >= 15 is 0 Å². The van der Waals surface area contributed by atoms with Crippen molar-refractivity contribution in [2.45, 2.75) is 37.8 Å². The fourth-order valence-corrected chi connectivity index (χ4v) is 3.37. The smallest absolute Gasteiger partial charge is 0.0644 e. The summed E-state index contributed by atoms with van der Waals surface area (Å²) in [6, 6.07) is 0.899. The zero-order valence-corrected chi connectivity index (χ0v) is 12.4. The van der Waals surface area contributed by atoms with Gasteiger partial charge in [-0.05, 0) is 25.7 Å². The lowest BCUT2D eigenvalue weighted by atomic mass is 9.81. The van der Waals surface area contributed by atoms with Crippen LogP contribution in [0.5, 0.6) is 0 Å². The van der Waals surface area contributed by atoms with Gasteiger partial charge < -0.3 is 19.9 Å². The molecule has 3 rings (SSSR count). The number of nitrogens with one attached hydrogen (secondary N) is 1. The van der Waals surface area contributed by atoms with Crippen LogP contribution in [0, 0.1) is 5.41 Å². The van der Waals surface area contributed by atoms with E-state index in [1.807, 2.05) is 0 Å². The van der Waals surface area contributed by atoms with E-state index in [9.17, 15) is 5.11 Å². The first-order valence-corrected chi connectivity index (χ1v) is 8.05. The summed E-state index contributed by atoms with van der Waals surface area (Å²) in [6.45, 7) is 6.37. The van der Waals surface area contributed by atoms with Crippen molar-refractivity contribution in [2.24, 2.45) is 5.41 Å². The molecule has 2 unspecified atom stereocenters. The number of aliphatic hydroxyl groups is 1. The summed E-state index contributed by atoms with van der Waals surface area (Å²) in [6.07, 6.45) is 5.03. The molecule has 0 radical (unpaired) electrons. The van der Waals surface area contributed by atoms with Gasteiger partial charge in [0.05, 0.1) is 32.5 Å². The third-order valence-electron chi connectivity index (χ3n) is 4.85. The molecule has 3 fully saturated rings. The lowest BCUT2D eigenvalue weighted by Gasteiger charge is -2.44. The first-order valence-electron chi connectivity index (χ1n) is 8.05. The monoisotopic (exact) mass is 284 g/mol. The average molecular weight is 284 g/mol. The predicted molar refractivity (Wildman–Crippen MR) is 76.8 cm³/mol. The number of hydrogen-bond donors (Lipinski definition) is 2. The predicted octanol–water partition coefficient (Wildman–Crippen LogP) is 0.228. The van der Waals surface area contributed by atoms with E-state index in [2.05, 4.69) is 10.2 Å². The molecule has 0 aromatic rings. The summed E-state index contributed by atoms with van der Waals surface area (Å²) in [5, 5.41) is 13.2. The van der Waals surface area contributed by atoms with Gasteiger partial charge in [0.2, 0.25) is 0 Å². The van der Waals surface area contributed by atoms with E-state index in [0.29, 0.717) is 6.61 Å². The molecule has 2 aliphatic heterocycles. The van der Waals surface area contributed by atoms with Crippen LogP contribution in [0.3, 0.4) is 0 Å². The highest BCUT2D eigenvalue weighted by Crippen LogP contribution is 2.32. The van der Waals surface area contributed by atoms with E-state index < -0.39 is 0 Å². The van der Waals surface area contributed by atoms with Crippen LogP contribution in [0.1, 0.15) is 25.7 Å². The molecule has 5 nitrogen and oxygen atoms in total. The molecule has 1 saturated carbocycles. The van der Waals surface area contributed by atoms with Crippen molar-refractivity contribution in [1.29, 1.82) is 0 Å². The second-order valence-electron chi connectivity index (χ2n) is 6.69. The van der Waals surface area contributed by atoms with Crippen LogP contribution in [0.25, 0.3) is 0 Å². The molecule has 2 N–H and O–H groups in total. The molecule has 116 valence electrons. The van der Waals surface area contributed by atoms with Crippen molar-refractivity contribution < 1.29 is 14.6 Å². The third-order valence-corrected chi connectivity index (χ3v) is 4.85. The minimum Gasteiger partial charge on any atom is -0.395 e. The maximum atomic E-state index is 9.53. The van der Waals surface area contributed by atoms with Gasteiger partial charge in [0.25, 0.3) is 0 Å². The highest BCUT2D eigenvalue weighted by atomic mass is 16.5. The highest BCUT2D eigenvalue weighted by molar-refractivity contribution is 4.92. The summed E-state index contributed by atoms with van der Waals surface area (Å²) in [5.74, 6) is 0. The van der Waals surface area contributed by atoms with E-state index in [0.717, 1.165) is 51.9 Å². The van der Waals surface area contributed by atoms with Gasteiger partial charge in [0.15, 0.2) is 0 Å². The summed E-state index contributed by atoms with van der Waals surface area (Å²) in [5.41, 5.74) is 0.214. The van der Waals surface area contributed by atoms with Gasteiger partial charge in [0, 0.05) is 37.7 Å². The standard InChI is InChI=1S/C15H28N2O3/c18-8-14-9-19-7-5-17(14)11-15(4-1-6-20-12-15)10-16-13-2-3-13/h13-14,16,18H,1-12H2. The molecule has 0 amide bonds. The van der Waals surface area contributed by atoms with E-state index in [1.165, 1.54) is 19.3 Å². The number of hydrogen-bond acceptors (Lipinski definition) is 5. The molecular formula is C15H28N2O3. The second kappa shape index (κ2) is 6.71. The Hall–Kier alpha value is -0.200. The van der Waals surface area contributed by atoms with Crippen molar-refractivity contribution >= 4 is 0 Å². The largest absolute Gasteiger partial charge is 0.395 e. The molecule has 20 heavy (non-hydrogen) atoms. The zero-order chi connectivity index (χ0) is 13.8. The van der Waals surface area contributed by atoms with Gasteiger partial charge in [-0.1, -0.05) is 0 Å². The minimum absolute atomic E-state index is 0.156. The second-order valence-corrected chi connectivity index (χ2v) is 6.69. The molecule has 0 aromatic heterocycles. The van der Waals surface area contributed by atoms with Crippen LogP contribution in [0.15, 0.2) is 0 Å². The number of ether oxygens (including phenoxy) is 2. The number of morpholine rings is 1. The quantitative estimate of drug-likeness (QED) is 0.731. The van der Waals surface area contributed by atoms with Crippen molar-refractivity contribution in [2.75, 3.05) is 52.7 Å². The van der Waals surface area contributed by atoms with E-state index in [-0.39, 0.29) is 18.1 Å². The number of nitrogens with zero attached hydrogens (tertiary/aromatic N) is 1. The van der Waals surface area contributed by atoms with Gasteiger partial charge >= 0.3 is 0 Å². The van der Waals surface area contributed by atoms with Crippen molar-refractivity contribution in [1.82, 2.24) is 10.2 Å². The molecule has 0 spiro atoms. The SMILES string of the molecule is OCC1COCCN1CC1(CNC2CC2)CCCOC1. The molecule has 1 aliphatic carbocycles. The molecule has 2 atom stereocenters. The van der Waals surface area contributed by atoms with Gasteiger partial charge in [0.1, 0.15) is 0 Å². The fraction of sp³-hybridized carbons (Fsp3) is 1.00. The molecule has 0 aromatic carbocycles. The van der Waals surface area contributed by atoms with Crippen LogP contribution >= 0.6 is 0 Å². The summed E-state index contributed by atoms with van der Waals surface area (Å²) in [7, 11) is 0. The first kappa shape index (κ1) is 14.7. The topological polar surface area (TPSA) is 54.0 Å². The molecule has 5 heteroatoms. The van der Waals surface area contributed by atoms with Crippen molar-refractivity contribution in [3.8, 4) is 0 Å². The van der Waals surface area contributed by atoms with E-state index in [1.54, 1.807) is 0 Å². The Morgan fingerprint density at radius 2 is 2.15 bits per heavy atom. The first-order chi connectivity index (χ1) is 9.81. The Morgan fingerprint density at radius 1 is 1.25 bits per heavy atom. The third kappa shape index (κ3) is 3.71. The fourth-order valence-electron chi connectivity index (χ4n) is 3.37. The summed E-state index contributed by atoms with van der Waals surface area (Å²) < 4.78 is 11.3. The Morgan fingerprint density at radius 3 is 2.85 bits per heavy atom. The van der Waals surface area contributed by atoms with Gasteiger partial charge in [-0.15, -0.1) is 0 Å². The molecule has 3 aliphatic rings. The van der Waals surface area contributed by atoms with Gasteiger partial charge in [-0.25, -0.2) is 0 Å². The van der Waals surface area contributed by atoms with E-state index in [4.69, 9.17) is 9.47 Å². The molecular weight excluding hydrogens is 256 g/mol. The Labute approximate surface area is 121 Å². The van der Waals surface area contributed by atoms with Crippen molar-refractivity contribution in [3.05, 3.63) is 0 Å². The number of rotatable bonds is 6. The lowest BCUT2D eigenvalue weighted by Crippen LogP contribution is -2.56. The molecule has 2 heterocycles. The number of aliphatic hydroxyl groups excluding tert-OH is 1. The Balaban J connectivity index is 1.61. The Bertz CT molecular complexity index is 303. The van der Waals surface area contributed by atoms with Crippen LogP contribution in [-0.2, 0) is 9.47 Å². The highest BCUT2D eigenvalue weighted by Gasteiger charge is 2.38. The van der Waals surface area contributed by atoms with Gasteiger partial charge in [-0.3, -0.25) is 4.90 Å². The average Bonchev–Trinajstić information content (AvgIpc) is 3.31. The molecule has 2 saturated heterocycles. The summed E-state index contributed by atoms with van der Waals surface area (Å²) in [4.78, 5) is 2.41. The van der Waals surface area contributed by atoms with Crippen LogP contribution in [0.2, 0.25) is 0 Å². The molecule has 0 bridgehead atoms. The zero-order valence-electron chi connectivity index (χ0n) is 12.4. The summed E-state index contributed by atoms with van der Waals surface area (Å²) >= 11 is 0. The normalized spacial score (nSPS) is 36.1. The maximum Gasteiger partial charge on any atom is 0.0644 e. The van der Waals surface area contributed by atoms with Crippen LogP contribution < -0.4 is 5.32 Å². The lowest BCUT2D eigenvalue weighted by molar-refractivity contribution is -0.0751.